The van der Waals surface area contributed by atoms with E-state index in [0.29, 0.717) is 17.0 Å². The van der Waals surface area contributed by atoms with Crippen LogP contribution in [-0.2, 0) is 0 Å². The molecule has 0 N–H and O–H groups in total. The molecular weight excluding hydrogens is 550 g/mol. The third-order valence-electron chi connectivity index (χ3n) is 8.37. The number of hydrogen-bond donors (Lipinski definition) is 0. The van der Waals surface area contributed by atoms with Crippen LogP contribution < -0.4 is 4.90 Å². The Bertz CT molecular complexity index is 2740. The molecule has 0 aliphatic carbocycles. The quantitative estimate of drug-likeness (QED) is 0.202. The van der Waals surface area contributed by atoms with Crippen LogP contribution in [0.15, 0.2) is 173 Å². The van der Waals surface area contributed by atoms with Crippen molar-refractivity contribution in [1.82, 2.24) is 0 Å². The topological polar surface area (TPSA) is 29.5 Å². The van der Waals surface area contributed by atoms with Crippen LogP contribution in [0.1, 0.15) is 6.85 Å². The van der Waals surface area contributed by atoms with Gasteiger partial charge in [-0.25, -0.2) is 0 Å². The Balaban J connectivity index is 1.18. The number of anilines is 3. The van der Waals surface area contributed by atoms with Crippen molar-refractivity contribution in [3.8, 4) is 22.3 Å². The van der Waals surface area contributed by atoms with E-state index < -0.39 is 18.1 Å². The zero-order chi connectivity index (χ0) is 34.1. The summed E-state index contributed by atoms with van der Waals surface area (Å²) < 4.78 is 55.2. The minimum Gasteiger partial charge on any atom is -0.456 e. The van der Waals surface area contributed by atoms with Gasteiger partial charge in [0.1, 0.15) is 22.3 Å². The number of rotatable bonds is 5. The molecule has 0 saturated heterocycles. The van der Waals surface area contributed by atoms with E-state index in [4.69, 9.17) is 15.7 Å². The van der Waals surface area contributed by atoms with E-state index in [1.807, 2.05) is 97.1 Å². The molecular formula is C42H27NO2. The Kier molecular flexibility index (Phi) is 4.75. The Morgan fingerprint density at radius 2 is 1.09 bits per heavy atom. The van der Waals surface area contributed by atoms with Crippen molar-refractivity contribution >= 4 is 60.9 Å². The molecule has 7 aromatic carbocycles. The van der Waals surface area contributed by atoms with Crippen LogP contribution in [0.2, 0.25) is 0 Å². The van der Waals surface area contributed by atoms with Crippen molar-refractivity contribution in [3.63, 3.8) is 0 Å². The lowest BCUT2D eigenvalue weighted by atomic mass is 10.00. The maximum atomic E-state index is 8.86. The van der Waals surface area contributed by atoms with E-state index in [0.717, 1.165) is 60.5 Å². The second kappa shape index (κ2) is 10.3. The van der Waals surface area contributed by atoms with Gasteiger partial charge in [0.2, 0.25) is 0 Å². The minimum atomic E-state index is -0.437. The van der Waals surface area contributed by atoms with Gasteiger partial charge in [-0.1, -0.05) is 103 Å². The van der Waals surface area contributed by atoms with Gasteiger partial charge in [-0.05, 0) is 77.3 Å². The molecule has 3 nitrogen and oxygen atoms in total. The first-order chi connectivity index (χ1) is 24.4. The predicted octanol–water partition coefficient (Wildman–Crippen LogP) is 12.3. The zero-order valence-electron chi connectivity index (χ0n) is 29.0. The van der Waals surface area contributed by atoms with Crippen molar-refractivity contribution in [2.24, 2.45) is 0 Å². The molecule has 0 spiro atoms. The normalized spacial score (nSPS) is 13.1. The summed E-state index contributed by atoms with van der Waals surface area (Å²) in [4.78, 5) is 1.73. The monoisotopic (exact) mass is 582 g/mol. The maximum absolute atomic E-state index is 8.86. The van der Waals surface area contributed by atoms with E-state index in [9.17, 15) is 0 Å². The summed E-state index contributed by atoms with van der Waals surface area (Å²) >= 11 is 0. The highest BCUT2D eigenvalue weighted by Gasteiger charge is 2.16. The second-order valence-corrected chi connectivity index (χ2v) is 11.0. The van der Waals surface area contributed by atoms with Crippen LogP contribution in [0.5, 0.6) is 0 Å². The average Bonchev–Trinajstić information content (AvgIpc) is 3.73. The molecule has 9 aromatic rings. The minimum absolute atomic E-state index is 0.0661. The summed E-state index contributed by atoms with van der Waals surface area (Å²) in [6, 6.07) is 42.0. The Hall–Kier alpha value is -6.06. The molecule has 0 aliphatic rings. The number of para-hydroxylation sites is 3. The molecule has 0 unspecified atom stereocenters. The molecule has 2 heterocycles. The summed E-state index contributed by atoms with van der Waals surface area (Å²) in [5, 5.41) is 3.84. The van der Waals surface area contributed by atoms with Gasteiger partial charge in [-0.15, -0.1) is 0 Å². The molecule has 9 rings (SSSR count). The summed E-state index contributed by atoms with van der Waals surface area (Å²) in [5.41, 5.74) is 8.53. The molecule has 45 heavy (non-hydrogen) atoms. The van der Waals surface area contributed by atoms with Gasteiger partial charge in [0, 0.05) is 44.2 Å². The molecule has 0 amide bonds. The van der Waals surface area contributed by atoms with E-state index in [1.165, 1.54) is 0 Å². The molecule has 0 aliphatic heterocycles. The fourth-order valence-corrected chi connectivity index (χ4v) is 6.24. The van der Waals surface area contributed by atoms with Crippen LogP contribution in [0, 0.1) is 0 Å². The molecule has 2 aromatic heterocycles. The fraction of sp³-hybridized carbons (Fsp3) is 0. The highest BCUT2D eigenvalue weighted by Crippen LogP contribution is 2.40. The second-order valence-electron chi connectivity index (χ2n) is 11.0. The summed E-state index contributed by atoms with van der Waals surface area (Å²) in [6.45, 7) is 0. The average molecular weight is 583 g/mol. The summed E-state index contributed by atoms with van der Waals surface area (Å²) in [5.74, 6) is 0. The van der Waals surface area contributed by atoms with Gasteiger partial charge in [-0.3, -0.25) is 0 Å². The molecule has 0 radical (unpaired) electrons. The van der Waals surface area contributed by atoms with Crippen molar-refractivity contribution in [1.29, 1.82) is 0 Å². The number of furan rings is 2. The number of nitrogens with zero attached hydrogens (tertiary/aromatic N) is 1. The lowest BCUT2D eigenvalue weighted by Crippen LogP contribution is -2.09. The van der Waals surface area contributed by atoms with Gasteiger partial charge < -0.3 is 13.7 Å². The van der Waals surface area contributed by atoms with Gasteiger partial charge in [0.25, 0.3) is 0 Å². The number of benzene rings is 7. The van der Waals surface area contributed by atoms with Gasteiger partial charge in [0.15, 0.2) is 0 Å². The molecule has 0 fully saturated rings. The third-order valence-corrected chi connectivity index (χ3v) is 8.37. The highest BCUT2D eigenvalue weighted by atomic mass is 16.3. The van der Waals surface area contributed by atoms with E-state index in [-0.39, 0.29) is 17.8 Å². The van der Waals surface area contributed by atoms with Gasteiger partial charge in [0.05, 0.1) is 6.85 Å². The maximum Gasteiger partial charge on any atom is 0.143 e. The van der Waals surface area contributed by atoms with Crippen LogP contribution in [0.25, 0.3) is 66.1 Å². The zero-order valence-corrected chi connectivity index (χ0v) is 24.0. The van der Waals surface area contributed by atoms with Crippen LogP contribution in [0.4, 0.5) is 17.1 Å². The molecule has 0 bridgehead atoms. The van der Waals surface area contributed by atoms with E-state index in [2.05, 4.69) is 36.4 Å². The Labute approximate surface area is 267 Å². The third kappa shape index (κ3) is 4.29. The van der Waals surface area contributed by atoms with Crippen LogP contribution in [0.3, 0.4) is 0 Å². The lowest BCUT2D eigenvalue weighted by molar-refractivity contribution is 0.669. The first-order valence-corrected chi connectivity index (χ1v) is 14.8. The summed E-state index contributed by atoms with van der Waals surface area (Å²) in [7, 11) is 0. The standard InChI is InChI=1S/C42H27NO2/c1-3-10-29(11-4-1)34-15-9-16-36-37-26-30(20-24-41(37)45-42(34)36)28-18-21-32(22-19-28)43(31-12-5-2-6-13-31)33-23-25-40-38(27-33)35-14-7-8-17-39(35)44-40/h1-27H/i2D,5D,6D,12D,13D. The largest absolute Gasteiger partial charge is 0.456 e. The Morgan fingerprint density at radius 1 is 0.422 bits per heavy atom. The SMILES string of the molecule is [2H]c1c([2H])c([2H])c(N(c2ccc(-c3ccc4oc5c(-c6ccccc6)cccc5c4c3)cc2)c2ccc3oc4ccccc4c3c2)c([2H])c1[2H]. The van der Waals surface area contributed by atoms with Crippen molar-refractivity contribution in [3.05, 3.63) is 164 Å². The van der Waals surface area contributed by atoms with Crippen molar-refractivity contribution in [2.45, 2.75) is 0 Å². The van der Waals surface area contributed by atoms with E-state index in [1.54, 1.807) is 4.90 Å². The van der Waals surface area contributed by atoms with E-state index >= 15 is 0 Å². The number of hydrogen-bond acceptors (Lipinski definition) is 3. The van der Waals surface area contributed by atoms with Crippen LogP contribution >= 0.6 is 0 Å². The molecule has 0 saturated carbocycles. The summed E-state index contributed by atoms with van der Waals surface area (Å²) in [6.07, 6.45) is 0. The van der Waals surface area contributed by atoms with Crippen molar-refractivity contribution < 1.29 is 15.7 Å². The molecule has 0 atom stereocenters. The molecule has 3 heteroatoms. The Morgan fingerprint density at radius 3 is 1.96 bits per heavy atom. The first-order valence-electron chi connectivity index (χ1n) is 17.3. The molecule has 212 valence electrons. The predicted molar refractivity (Wildman–Crippen MR) is 187 cm³/mol. The number of fused-ring (bicyclic) bond motifs is 6. The smallest absolute Gasteiger partial charge is 0.143 e. The van der Waals surface area contributed by atoms with Gasteiger partial charge >= 0.3 is 0 Å². The first kappa shape index (κ1) is 20.8. The van der Waals surface area contributed by atoms with Crippen molar-refractivity contribution in [2.75, 3.05) is 4.90 Å². The highest BCUT2D eigenvalue weighted by molar-refractivity contribution is 6.10. The van der Waals surface area contributed by atoms with Gasteiger partial charge in [-0.2, -0.15) is 0 Å². The van der Waals surface area contributed by atoms with Crippen LogP contribution in [-0.4, -0.2) is 0 Å². The fourth-order valence-electron chi connectivity index (χ4n) is 6.24. The lowest BCUT2D eigenvalue weighted by Gasteiger charge is -2.25.